The molecule has 108 valence electrons. The highest BCUT2D eigenvalue weighted by Crippen LogP contribution is 2.26. The van der Waals surface area contributed by atoms with E-state index in [1.807, 2.05) is 0 Å². The van der Waals surface area contributed by atoms with E-state index < -0.39 is 0 Å². The van der Waals surface area contributed by atoms with Gasteiger partial charge in [-0.1, -0.05) is 0 Å². The fourth-order valence-electron chi connectivity index (χ4n) is 2.88. The molecule has 2 atom stereocenters. The van der Waals surface area contributed by atoms with Crippen LogP contribution < -0.4 is 0 Å². The molecule has 1 aromatic heterocycles. The Kier molecular flexibility index (Phi) is 4.52. The summed E-state index contributed by atoms with van der Waals surface area (Å²) in [6.45, 7) is 4.02. The molecule has 0 N–H and O–H groups in total. The number of imidazole rings is 1. The maximum atomic E-state index is 5.93. The van der Waals surface area contributed by atoms with Gasteiger partial charge in [-0.15, -0.1) is 11.6 Å². The molecule has 0 saturated carbocycles. The summed E-state index contributed by atoms with van der Waals surface area (Å²) in [5, 5.41) is 0. The number of ether oxygens (including phenoxy) is 1. The zero-order chi connectivity index (χ0) is 14.1. The van der Waals surface area contributed by atoms with Crippen molar-refractivity contribution in [1.29, 1.82) is 0 Å². The van der Waals surface area contributed by atoms with E-state index >= 15 is 0 Å². The van der Waals surface area contributed by atoms with Crippen LogP contribution in [0.3, 0.4) is 0 Å². The molecule has 0 spiro atoms. The Morgan fingerprint density at radius 1 is 1.50 bits per heavy atom. The number of halogens is 2. The van der Waals surface area contributed by atoms with Crippen molar-refractivity contribution in [2.45, 2.75) is 32.4 Å². The Balaban J connectivity index is 1.99. The van der Waals surface area contributed by atoms with E-state index in [9.17, 15) is 0 Å². The quantitative estimate of drug-likeness (QED) is 0.572. The number of fused-ring (bicyclic) bond motifs is 1. The molecule has 0 amide bonds. The van der Waals surface area contributed by atoms with Gasteiger partial charge in [0, 0.05) is 34.9 Å². The van der Waals surface area contributed by atoms with Gasteiger partial charge in [0.1, 0.15) is 5.82 Å². The summed E-state index contributed by atoms with van der Waals surface area (Å²) in [4.78, 5) is 4.76. The molecule has 1 aliphatic rings. The number of nitrogens with zero attached hydrogens (tertiary/aromatic N) is 2. The lowest BCUT2D eigenvalue weighted by atomic mass is 10.0. The number of alkyl halides is 1. The molecule has 1 aromatic carbocycles. The van der Waals surface area contributed by atoms with Crippen molar-refractivity contribution in [2.75, 3.05) is 12.5 Å². The van der Waals surface area contributed by atoms with Crippen LogP contribution in [-0.4, -0.2) is 28.1 Å². The van der Waals surface area contributed by atoms with Crippen molar-refractivity contribution in [3.05, 3.63) is 27.6 Å². The summed E-state index contributed by atoms with van der Waals surface area (Å²) in [6, 6.07) is 6.45. The fourth-order valence-corrected chi connectivity index (χ4v) is 3.53. The summed E-state index contributed by atoms with van der Waals surface area (Å²) < 4.78 is 9.24. The van der Waals surface area contributed by atoms with Crippen molar-refractivity contribution in [1.82, 2.24) is 9.55 Å². The highest BCUT2D eigenvalue weighted by atomic mass is 127. The van der Waals surface area contributed by atoms with Crippen molar-refractivity contribution < 1.29 is 4.74 Å². The van der Waals surface area contributed by atoms with E-state index in [0.29, 0.717) is 17.9 Å². The van der Waals surface area contributed by atoms with Gasteiger partial charge in [0.15, 0.2) is 0 Å². The van der Waals surface area contributed by atoms with E-state index in [4.69, 9.17) is 21.3 Å². The zero-order valence-corrected chi connectivity index (χ0v) is 14.4. The first-order chi connectivity index (χ1) is 9.69. The molecule has 3 nitrogen and oxygen atoms in total. The predicted octanol–water partition coefficient (Wildman–Crippen LogP) is 3.85. The van der Waals surface area contributed by atoms with Crippen LogP contribution in [0.5, 0.6) is 0 Å². The molecular formula is C15H18ClIN2O. The Morgan fingerprint density at radius 2 is 2.35 bits per heavy atom. The molecule has 0 radical (unpaired) electrons. The van der Waals surface area contributed by atoms with Gasteiger partial charge >= 0.3 is 0 Å². The van der Waals surface area contributed by atoms with E-state index in [2.05, 4.69) is 52.3 Å². The second-order valence-electron chi connectivity index (χ2n) is 5.34. The average Bonchev–Trinajstić information content (AvgIpc) is 2.96. The smallest absolute Gasteiger partial charge is 0.111 e. The lowest BCUT2D eigenvalue weighted by Gasteiger charge is -2.17. The molecule has 5 heteroatoms. The first-order valence-corrected chi connectivity index (χ1v) is 8.62. The van der Waals surface area contributed by atoms with Crippen LogP contribution in [-0.2, 0) is 17.7 Å². The van der Waals surface area contributed by atoms with E-state index in [1.165, 1.54) is 9.09 Å². The van der Waals surface area contributed by atoms with E-state index in [-0.39, 0.29) is 0 Å². The van der Waals surface area contributed by atoms with Crippen LogP contribution >= 0.6 is 34.2 Å². The van der Waals surface area contributed by atoms with Crippen molar-refractivity contribution in [3.8, 4) is 0 Å². The van der Waals surface area contributed by atoms with Crippen LogP contribution in [0.4, 0.5) is 0 Å². The molecular weight excluding hydrogens is 387 g/mol. The normalized spacial score (nSPS) is 22.8. The second kappa shape index (κ2) is 6.20. The summed E-state index contributed by atoms with van der Waals surface area (Å²) in [7, 11) is 0. The van der Waals surface area contributed by atoms with Crippen molar-refractivity contribution in [2.24, 2.45) is 5.92 Å². The lowest BCUT2D eigenvalue weighted by Crippen LogP contribution is -2.19. The monoisotopic (exact) mass is 404 g/mol. The third-order valence-corrected chi connectivity index (χ3v) is 4.92. The Bertz CT molecular complexity index is 613. The maximum Gasteiger partial charge on any atom is 0.111 e. The summed E-state index contributed by atoms with van der Waals surface area (Å²) in [6.07, 6.45) is 2.28. The van der Waals surface area contributed by atoms with Gasteiger partial charge in [0.2, 0.25) is 0 Å². The Labute approximate surface area is 137 Å². The number of aromatic nitrogens is 2. The standard InChI is InChI=1S/C15H18ClIN2O/c1-10-11(5-7-20-10)9-19-14-3-2-12(17)8-13(14)18-15(19)4-6-16/h2-3,8,10-11H,4-7,9H2,1H3. The van der Waals surface area contributed by atoms with Gasteiger partial charge in [0.05, 0.1) is 17.1 Å². The van der Waals surface area contributed by atoms with Gasteiger partial charge in [0.25, 0.3) is 0 Å². The SMILES string of the molecule is CC1OCCC1Cn1c(CCCl)nc2cc(I)ccc21. The minimum absolute atomic E-state index is 0.333. The topological polar surface area (TPSA) is 27.1 Å². The van der Waals surface area contributed by atoms with Gasteiger partial charge < -0.3 is 9.30 Å². The van der Waals surface area contributed by atoms with Gasteiger partial charge in [-0.2, -0.15) is 0 Å². The largest absolute Gasteiger partial charge is 0.378 e. The first kappa shape index (κ1) is 14.6. The predicted molar refractivity (Wildman–Crippen MR) is 90.4 cm³/mol. The molecule has 2 unspecified atom stereocenters. The second-order valence-corrected chi connectivity index (χ2v) is 6.96. The summed E-state index contributed by atoms with van der Waals surface area (Å²) in [5.74, 6) is 2.27. The van der Waals surface area contributed by atoms with Crippen molar-refractivity contribution >= 4 is 45.2 Å². The number of hydrogen-bond donors (Lipinski definition) is 0. The number of rotatable bonds is 4. The van der Waals surface area contributed by atoms with Gasteiger partial charge in [-0.05, 0) is 54.1 Å². The van der Waals surface area contributed by atoms with Crippen LogP contribution in [0.25, 0.3) is 11.0 Å². The first-order valence-electron chi connectivity index (χ1n) is 7.01. The van der Waals surface area contributed by atoms with Gasteiger partial charge in [-0.25, -0.2) is 4.98 Å². The molecule has 0 bridgehead atoms. The molecule has 0 aliphatic carbocycles. The molecule has 2 heterocycles. The zero-order valence-electron chi connectivity index (χ0n) is 11.5. The summed E-state index contributed by atoms with van der Waals surface area (Å²) >= 11 is 8.26. The molecule has 2 aromatic rings. The molecule has 3 rings (SSSR count). The average molecular weight is 405 g/mol. The number of aryl methyl sites for hydroxylation is 1. The Hall–Kier alpha value is -0.330. The molecule has 20 heavy (non-hydrogen) atoms. The number of benzene rings is 1. The molecule has 1 saturated heterocycles. The van der Waals surface area contributed by atoms with Crippen LogP contribution in [0.2, 0.25) is 0 Å². The van der Waals surface area contributed by atoms with E-state index in [0.717, 1.165) is 37.3 Å². The van der Waals surface area contributed by atoms with Crippen molar-refractivity contribution in [3.63, 3.8) is 0 Å². The highest BCUT2D eigenvalue weighted by molar-refractivity contribution is 14.1. The lowest BCUT2D eigenvalue weighted by molar-refractivity contribution is 0.102. The minimum atomic E-state index is 0.333. The van der Waals surface area contributed by atoms with Crippen LogP contribution in [0.15, 0.2) is 18.2 Å². The third kappa shape index (κ3) is 2.83. The minimum Gasteiger partial charge on any atom is -0.378 e. The van der Waals surface area contributed by atoms with Crippen LogP contribution in [0.1, 0.15) is 19.2 Å². The van der Waals surface area contributed by atoms with Gasteiger partial charge in [-0.3, -0.25) is 0 Å². The molecule has 1 aliphatic heterocycles. The third-order valence-electron chi connectivity index (χ3n) is 4.06. The van der Waals surface area contributed by atoms with Crippen LogP contribution in [0, 0.1) is 9.49 Å². The fraction of sp³-hybridized carbons (Fsp3) is 0.533. The Morgan fingerprint density at radius 3 is 3.05 bits per heavy atom. The maximum absolute atomic E-state index is 5.93. The summed E-state index contributed by atoms with van der Waals surface area (Å²) in [5.41, 5.74) is 2.29. The molecule has 1 fully saturated rings. The highest BCUT2D eigenvalue weighted by Gasteiger charge is 2.26. The van der Waals surface area contributed by atoms with E-state index in [1.54, 1.807) is 0 Å². The number of hydrogen-bond acceptors (Lipinski definition) is 2.